The molecule has 0 fully saturated rings. The Morgan fingerprint density at radius 3 is 2.90 bits per heavy atom. The molecule has 0 saturated heterocycles. The predicted molar refractivity (Wildman–Crippen MR) is 91.1 cm³/mol. The van der Waals surface area contributed by atoms with Gasteiger partial charge in [-0.2, -0.15) is 11.8 Å². The molecular formula is C15H25N3S2. The van der Waals surface area contributed by atoms with E-state index in [4.69, 9.17) is 4.98 Å². The summed E-state index contributed by atoms with van der Waals surface area (Å²) in [6.45, 7) is 10.1. The standard InChI is InChI=1S/C15H25N3S2/c1-5-6-16-13(11-20-15(2,3)4)9-12-10-18-7-8-19-14(18)17-12/h7-8,10,13,16H,5-6,9,11H2,1-4H3. The van der Waals surface area contributed by atoms with E-state index in [0.29, 0.717) is 10.8 Å². The molecule has 2 aromatic heterocycles. The molecule has 20 heavy (non-hydrogen) atoms. The number of hydrogen-bond acceptors (Lipinski definition) is 4. The first-order chi connectivity index (χ1) is 9.48. The number of thioether (sulfide) groups is 1. The van der Waals surface area contributed by atoms with Gasteiger partial charge >= 0.3 is 0 Å². The van der Waals surface area contributed by atoms with Gasteiger partial charge in [-0.3, -0.25) is 4.40 Å². The van der Waals surface area contributed by atoms with Crippen LogP contribution in [-0.2, 0) is 6.42 Å². The zero-order chi connectivity index (χ0) is 14.6. The summed E-state index contributed by atoms with van der Waals surface area (Å²) in [4.78, 5) is 5.79. The minimum absolute atomic E-state index is 0.320. The van der Waals surface area contributed by atoms with Crippen LogP contribution in [0.1, 0.15) is 39.8 Å². The van der Waals surface area contributed by atoms with Crippen LogP contribution >= 0.6 is 23.1 Å². The lowest BCUT2D eigenvalue weighted by molar-refractivity contribution is 0.544. The number of nitrogens with zero attached hydrogens (tertiary/aromatic N) is 2. The molecule has 0 aliphatic heterocycles. The van der Waals surface area contributed by atoms with E-state index in [2.05, 4.69) is 55.2 Å². The van der Waals surface area contributed by atoms with Crippen LogP contribution in [0.15, 0.2) is 17.8 Å². The van der Waals surface area contributed by atoms with Gasteiger partial charge in [0.2, 0.25) is 0 Å². The van der Waals surface area contributed by atoms with Crippen molar-refractivity contribution in [2.75, 3.05) is 12.3 Å². The molecule has 0 aromatic carbocycles. The summed E-state index contributed by atoms with van der Waals surface area (Å²) in [7, 11) is 0. The quantitative estimate of drug-likeness (QED) is 0.842. The Labute approximate surface area is 130 Å². The second-order valence-electron chi connectivity index (χ2n) is 6.10. The van der Waals surface area contributed by atoms with Crippen molar-refractivity contribution in [2.24, 2.45) is 0 Å². The smallest absolute Gasteiger partial charge is 0.193 e. The van der Waals surface area contributed by atoms with Crippen LogP contribution in [0.5, 0.6) is 0 Å². The maximum absolute atomic E-state index is 4.70. The van der Waals surface area contributed by atoms with E-state index in [1.807, 2.05) is 11.8 Å². The molecule has 0 bridgehead atoms. The Bertz CT molecular complexity index is 496. The summed E-state index contributed by atoms with van der Waals surface area (Å²) in [6, 6.07) is 0.504. The van der Waals surface area contributed by atoms with Gasteiger partial charge in [-0.15, -0.1) is 11.3 Å². The van der Waals surface area contributed by atoms with Gasteiger partial charge in [0.1, 0.15) is 0 Å². The Kier molecular flexibility index (Phi) is 5.52. The highest BCUT2D eigenvalue weighted by Gasteiger charge is 2.17. The lowest BCUT2D eigenvalue weighted by Gasteiger charge is -2.23. The number of fused-ring (bicyclic) bond motifs is 1. The van der Waals surface area contributed by atoms with E-state index in [1.165, 1.54) is 12.1 Å². The fourth-order valence-corrected chi connectivity index (χ4v) is 3.67. The van der Waals surface area contributed by atoms with Crippen molar-refractivity contribution in [3.05, 3.63) is 23.5 Å². The first kappa shape index (κ1) is 15.9. The van der Waals surface area contributed by atoms with Crippen molar-refractivity contribution in [1.29, 1.82) is 0 Å². The molecule has 0 amide bonds. The molecular weight excluding hydrogens is 286 g/mol. The van der Waals surface area contributed by atoms with Crippen LogP contribution in [0.4, 0.5) is 0 Å². The Balaban J connectivity index is 1.96. The van der Waals surface area contributed by atoms with Crippen molar-refractivity contribution in [3.63, 3.8) is 0 Å². The number of hydrogen-bond donors (Lipinski definition) is 1. The first-order valence-electron chi connectivity index (χ1n) is 7.26. The zero-order valence-corrected chi connectivity index (χ0v) is 14.5. The summed E-state index contributed by atoms with van der Waals surface area (Å²) >= 11 is 3.72. The van der Waals surface area contributed by atoms with E-state index in [1.54, 1.807) is 11.3 Å². The van der Waals surface area contributed by atoms with Crippen LogP contribution in [0.2, 0.25) is 0 Å². The van der Waals surface area contributed by atoms with Gasteiger partial charge in [0.25, 0.3) is 0 Å². The minimum Gasteiger partial charge on any atom is -0.313 e. The lowest BCUT2D eigenvalue weighted by Crippen LogP contribution is -2.35. The Morgan fingerprint density at radius 2 is 2.25 bits per heavy atom. The maximum atomic E-state index is 4.70. The second-order valence-corrected chi connectivity index (χ2v) is 8.82. The monoisotopic (exact) mass is 311 g/mol. The molecule has 0 radical (unpaired) electrons. The van der Waals surface area contributed by atoms with Gasteiger partial charge in [-0.1, -0.05) is 27.7 Å². The van der Waals surface area contributed by atoms with Gasteiger partial charge in [-0.25, -0.2) is 4.98 Å². The van der Waals surface area contributed by atoms with Crippen molar-refractivity contribution in [1.82, 2.24) is 14.7 Å². The van der Waals surface area contributed by atoms with Crippen molar-refractivity contribution < 1.29 is 0 Å². The summed E-state index contributed by atoms with van der Waals surface area (Å²) in [5.74, 6) is 1.13. The van der Waals surface area contributed by atoms with Crippen molar-refractivity contribution in [2.45, 2.75) is 51.3 Å². The predicted octanol–water partition coefficient (Wildman–Crippen LogP) is 3.84. The third-order valence-corrected chi connectivity index (χ3v) is 5.21. The summed E-state index contributed by atoms with van der Waals surface area (Å²) in [5, 5.41) is 5.74. The number of aromatic nitrogens is 2. The summed E-state index contributed by atoms with van der Waals surface area (Å²) in [5.41, 5.74) is 1.19. The van der Waals surface area contributed by atoms with Crippen molar-refractivity contribution in [3.8, 4) is 0 Å². The highest BCUT2D eigenvalue weighted by atomic mass is 32.2. The van der Waals surface area contributed by atoms with Gasteiger partial charge < -0.3 is 5.32 Å². The SMILES string of the molecule is CCCNC(CSC(C)(C)C)Cc1cn2ccsc2n1. The number of imidazole rings is 1. The molecule has 0 spiro atoms. The Morgan fingerprint density at radius 1 is 1.45 bits per heavy atom. The van der Waals surface area contributed by atoms with Crippen LogP contribution < -0.4 is 5.32 Å². The van der Waals surface area contributed by atoms with Gasteiger partial charge in [0, 0.05) is 40.7 Å². The molecule has 1 atom stereocenters. The number of rotatable bonds is 7. The number of nitrogens with one attached hydrogen (secondary N) is 1. The van der Waals surface area contributed by atoms with Crippen molar-refractivity contribution >= 4 is 28.1 Å². The molecule has 0 aliphatic carbocycles. The summed E-state index contributed by atoms with van der Waals surface area (Å²) in [6.07, 6.45) is 6.43. The van der Waals surface area contributed by atoms with E-state index >= 15 is 0 Å². The largest absolute Gasteiger partial charge is 0.313 e. The average molecular weight is 312 g/mol. The molecule has 0 aliphatic rings. The zero-order valence-electron chi connectivity index (χ0n) is 12.8. The second kappa shape index (κ2) is 6.96. The topological polar surface area (TPSA) is 29.3 Å². The maximum Gasteiger partial charge on any atom is 0.193 e. The molecule has 3 nitrogen and oxygen atoms in total. The molecule has 0 saturated carbocycles. The highest BCUT2D eigenvalue weighted by molar-refractivity contribution is 8.00. The summed E-state index contributed by atoms with van der Waals surface area (Å²) < 4.78 is 2.44. The van der Waals surface area contributed by atoms with E-state index < -0.39 is 0 Å². The van der Waals surface area contributed by atoms with Gasteiger partial charge in [-0.05, 0) is 13.0 Å². The van der Waals surface area contributed by atoms with E-state index in [9.17, 15) is 0 Å². The first-order valence-corrected chi connectivity index (χ1v) is 9.13. The highest BCUT2D eigenvalue weighted by Crippen LogP contribution is 2.24. The fourth-order valence-electron chi connectivity index (χ4n) is 2.02. The van der Waals surface area contributed by atoms with Crippen LogP contribution in [-0.4, -0.2) is 32.5 Å². The molecule has 2 heterocycles. The molecule has 5 heteroatoms. The average Bonchev–Trinajstić information content (AvgIpc) is 2.92. The molecule has 2 rings (SSSR count). The van der Waals surface area contributed by atoms with Crippen LogP contribution in [0.3, 0.4) is 0 Å². The van der Waals surface area contributed by atoms with E-state index in [0.717, 1.165) is 23.7 Å². The molecule has 1 N–H and O–H groups in total. The van der Waals surface area contributed by atoms with E-state index in [-0.39, 0.29) is 0 Å². The van der Waals surface area contributed by atoms with Crippen LogP contribution in [0.25, 0.3) is 4.96 Å². The van der Waals surface area contributed by atoms with Gasteiger partial charge in [0.05, 0.1) is 5.69 Å². The third kappa shape index (κ3) is 4.79. The minimum atomic E-state index is 0.320. The normalized spacial score (nSPS) is 14.0. The number of thiazole rings is 1. The third-order valence-electron chi connectivity index (χ3n) is 3.00. The van der Waals surface area contributed by atoms with Gasteiger partial charge in [0.15, 0.2) is 4.96 Å². The lowest BCUT2D eigenvalue weighted by atomic mass is 10.2. The molecule has 112 valence electrons. The van der Waals surface area contributed by atoms with Crippen LogP contribution in [0, 0.1) is 0 Å². The Hall–Kier alpha value is -0.520. The fraction of sp³-hybridized carbons (Fsp3) is 0.667. The molecule has 1 unspecified atom stereocenters. The molecule has 2 aromatic rings.